The van der Waals surface area contributed by atoms with Crippen LogP contribution in [0.1, 0.15) is 48.4 Å². The molecule has 6 heteroatoms. The SMILES string of the molecule is O=COc1ccnc(-c2cnc(C(=O)CCCCCCc3ccccc3)o2)c1. The van der Waals surface area contributed by atoms with Gasteiger partial charge in [0.2, 0.25) is 5.78 Å². The Bertz CT molecular complexity index is 906. The number of oxazole rings is 1. The van der Waals surface area contributed by atoms with Gasteiger partial charge in [-0.05, 0) is 30.9 Å². The van der Waals surface area contributed by atoms with Gasteiger partial charge in [0.05, 0.1) is 6.20 Å². The van der Waals surface area contributed by atoms with E-state index >= 15 is 0 Å². The molecule has 0 saturated carbocycles. The van der Waals surface area contributed by atoms with Crippen LogP contribution in [-0.2, 0) is 11.2 Å². The van der Waals surface area contributed by atoms with E-state index in [1.807, 2.05) is 6.07 Å². The molecular weight excluding hydrogens is 356 g/mol. The largest absolute Gasteiger partial charge is 0.432 e. The molecule has 3 aromatic rings. The van der Waals surface area contributed by atoms with Crippen LogP contribution in [0.4, 0.5) is 0 Å². The molecule has 28 heavy (non-hydrogen) atoms. The van der Waals surface area contributed by atoms with E-state index in [9.17, 15) is 9.59 Å². The maximum Gasteiger partial charge on any atom is 0.298 e. The maximum absolute atomic E-state index is 12.3. The average molecular weight is 378 g/mol. The molecular formula is C22H22N2O4. The molecule has 0 saturated heterocycles. The highest BCUT2D eigenvalue weighted by molar-refractivity contribution is 5.91. The number of carbonyl (C=O) groups is 2. The van der Waals surface area contributed by atoms with Crippen LogP contribution in [0.25, 0.3) is 11.5 Å². The van der Waals surface area contributed by atoms with Crippen molar-refractivity contribution in [3.05, 3.63) is 66.3 Å². The number of nitrogens with zero attached hydrogens (tertiary/aromatic N) is 2. The molecule has 0 aliphatic heterocycles. The fourth-order valence-electron chi connectivity index (χ4n) is 2.92. The Morgan fingerprint density at radius 1 is 1.04 bits per heavy atom. The van der Waals surface area contributed by atoms with E-state index in [4.69, 9.17) is 9.15 Å². The third-order valence-corrected chi connectivity index (χ3v) is 4.37. The number of ketones is 1. The zero-order valence-corrected chi connectivity index (χ0v) is 15.5. The summed E-state index contributed by atoms with van der Waals surface area (Å²) >= 11 is 0. The van der Waals surface area contributed by atoms with E-state index in [-0.39, 0.29) is 11.7 Å². The number of aryl methyl sites for hydroxylation is 1. The summed E-state index contributed by atoms with van der Waals surface area (Å²) in [7, 11) is 0. The van der Waals surface area contributed by atoms with Crippen LogP contribution in [0, 0.1) is 0 Å². The molecule has 2 aromatic heterocycles. The second-order valence-corrected chi connectivity index (χ2v) is 6.44. The van der Waals surface area contributed by atoms with Crippen LogP contribution in [0.2, 0.25) is 0 Å². The Morgan fingerprint density at radius 3 is 2.68 bits per heavy atom. The van der Waals surface area contributed by atoms with Gasteiger partial charge in [0.25, 0.3) is 12.4 Å². The standard InChI is InChI=1S/C22H22N2O4/c25-16-27-18-12-13-23-19(14-18)21-15-24-22(28-21)20(26)11-7-2-1-4-8-17-9-5-3-6-10-17/h3,5-6,9-10,12-16H,1-2,4,7-8,11H2. The predicted molar refractivity (Wildman–Crippen MR) is 104 cm³/mol. The fourth-order valence-corrected chi connectivity index (χ4v) is 2.92. The van der Waals surface area contributed by atoms with Crippen LogP contribution in [0.3, 0.4) is 0 Å². The summed E-state index contributed by atoms with van der Waals surface area (Å²) in [5, 5.41) is 0. The Labute approximate surface area is 163 Å². The molecule has 144 valence electrons. The zero-order chi connectivity index (χ0) is 19.6. The molecule has 0 aliphatic carbocycles. The monoisotopic (exact) mass is 378 g/mol. The lowest BCUT2D eigenvalue weighted by atomic mass is 10.0. The number of ether oxygens (including phenoxy) is 1. The van der Waals surface area contributed by atoms with Gasteiger partial charge in [0, 0.05) is 18.7 Å². The van der Waals surface area contributed by atoms with Gasteiger partial charge in [-0.1, -0.05) is 43.2 Å². The van der Waals surface area contributed by atoms with E-state index in [2.05, 4.69) is 34.2 Å². The molecule has 0 atom stereocenters. The Hall–Kier alpha value is -3.28. The first-order valence-corrected chi connectivity index (χ1v) is 9.36. The van der Waals surface area contributed by atoms with E-state index in [0.29, 0.717) is 30.1 Å². The van der Waals surface area contributed by atoms with Crippen LogP contribution >= 0.6 is 0 Å². The van der Waals surface area contributed by atoms with E-state index in [1.54, 1.807) is 12.1 Å². The number of Topliss-reactive ketones (excluding diaryl/α,β-unsaturated/α-hetero) is 1. The normalized spacial score (nSPS) is 10.6. The molecule has 0 spiro atoms. The summed E-state index contributed by atoms with van der Waals surface area (Å²) in [6.07, 6.45) is 8.45. The highest BCUT2D eigenvalue weighted by Crippen LogP contribution is 2.23. The number of hydrogen-bond donors (Lipinski definition) is 0. The van der Waals surface area contributed by atoms with Gasteiger partial charge in [-0.25, -0.2) is 4.98 Å². The molecule has 0 amide bonds. The van der Waals surface area contributed by atoms with Gasteiger partial charge >= 0.3 is 0 Å². The lowest BCUT2D eigenvalue weighted by Crippen LogP contribution is -1.99. The van der Waals surface area contributed by atoms with Crippen LogP contribution in [0.15, 0.2) is 59.3 Å². The number of benzene rings is 1. The minimum absolute atomic E-state index is 0.0859. The van der Waals surface area contributed by atoms with Crippen molar-refractivity contribution in [1.29, 1.82) is 0 Å². The summed E-state index contributed by atoms with van der Waals surface area (Å²) in [6.45, 7) is 0.342. The van der Waals surface area contributed by atoms with E-state index in [1.165, 1.54) is 18.0 Å². The lowest BCUT2D eigenvalue weighted by Gasteiger charge is -2.01. The van der Waals surface area contributed by atoms with Crippen molar-refractivity contribution in [2.75, 3.05) is 0 Å². The van der Waals surface area contributed by atoms with Crippen molar-refractivity contribution in [2.45, 2.75) is 38.5 Å². The highest BCUT2D eigenvalue weighted by atomic mass is 16.5. The third-order valence-electron chi connectivity index (χ3n) is 4.37. The number of hydrogen-bond acceptors (Lipinski definition) is 6. The number of aromatic nitrogens is 2. The Kier molecular flexibility index (Phi) is 7.07. The summed E-state index contributed by atoms with van der Waals surface area (Å²) < 4.78 is 10.3. The number of pyridine rings is 1. The van der Waals surface area contributed by atoms with Crippen molar-refractivity contribution < 1.29 is 18.7 Å². The quantitative estimate of drug-likeness (QED) is 0.274. The van der Waals surface area contributed by atoms with Gasteiger partial charge in [0.1, 0.15) is 11.4 Å². The van der Waals surface area contributed by atoms with E-state index in [0.717, 1.165) is 32.1 Å². The topological polar surface area (TPSA) is 82.3 Å². The minimum Gasteiger partial charge on any atom is -0.432 e. The summed E-state index contributed by atoms with van der Waals surface area (Å²) in [6, 6.07) is 13.5. The van der Waals surface area contributed by atoms with Crippen molar-refractivity contribution in [3.63, 3.8) is 0 Å². The van der Waals surface area contributed by atoms with Gasteiger partial charge < -0.3 is 9.15 Å². The van der Waals surface area contributed by atoms with Crippen LogP contribution in [-0.4, -0.2) is 22.2 Å². The van der Waals surface area contributed by atoms with Gasteiger partial charge in [-0.15, -0.1) is 0 Å². The minimum atomic E-state index is -0.116. The smallest absolute Gasteiger partial charge is 0.298 e. The molecule has 0 radical (unpaired) electrons. The molecule has 0 fully saturated rings. The lowest BCUT2D eigenvalue weighted by molar-refractivity contribution is -0.120. The number of unbranched alkanes of at least 4 members (excludes halogenated alkanes) is 3. The molecule has 0 bridgehead atoms. The van der Waals surface area contributed by atoms with Crippen molar-refractivity contribution in [1.82, 2.24) is 9.97 Å². The Morgan fingerprint density at radius 2 is 1.86 bits per heavy atom. The van der Waals surface area contributed by atoms with Crippen molar-refractivity contribution in [2.24, 2.45) is 0 Å². The van der Waals surface area contributed by atoms with Gasteiger partial charge in [-0.3, -0.25) is 14.6 Å². The second kappa shape index (κ2) is 10.2. The summed E-state index contributed by atoms with van der Waals surface area (Å²) in [4.78, 5) is 30.9. The average Bonchev–Trinajstić information content (AvgIpc) is 3.22. The molecule has 0 unspecified atom stereocenters. The highest BCUT2D eigenvalue weighted by Gasteiger charge is 2.15. The summed E-state index contributed by atoms with van der Waals surface area (Å²) in [5.41, 5.74) is 1.80. The number of carbonyl (C=O) groups excluding carboxylic acids is 2. The molecule has 0 aliphatic rings. The van der Waals surface area contributed by atoms with Crippen molar-refractivity contribution in [3.8, 4) is 17.2 Å². The maximum atomic E-state index is 12.3. The van der Waals surface area contributed by atoms with Crippen LogP contribution in [0.5, 0.6) is 5.75 Å². The van der Waals surface area contributed by atoms with Gasteiger partial charge in [-0.2, -0.15) is 0 Å². The zero-order valence-electron chi connectivity index (χ0n) is 15.5. The predicted octanol–water partition coefficient (Wildman–Crippen LogP) is 4.65. The third kappa shape index (κ3) is 5.61. The molecule has 6 nitrogen and oxygen atoms in total. The van der Waals surface area contributed by atoms with Gasteiger partial charge in [0.15, 0.2) is 5.76 Å². The molecule has 0 N–H and O–H groups in total. The molecule has 1 aromatic carbocycles. The van der Waals surface area contributed by atoms with Crippen molar-refractivity contribution >= 4 is 12.3 Å². The number of rotatable bonds is 11. The van der Waals surface area contributed by atoms with Crippen LogP contribution < -0.4 is 4.74 Å². The first-order chi connectivity index (χ1) is 13.8. The fraction of sp³-hybridized carbons (Fsp3) is 0.273. The molecule has 2 heterocycles. The first kappa shape index (κ1) is 19.5. The second-order valence-electron chi connectivity index (χ2n) is 6.44. The molecule has 3 rings (SSSR count). The Balaban J connectivity index is 1.43. The first-order valence-electron chi connectivity index (χ1n) is 9.36. The summed E-state index contributed by atoms with van der Waals surface area (Å²) in [5.74, 6) is 0.680. The van der Waals surface area contributed by atoms with E-state index < -0.39 is 0 Å².